The summed E-state index contributed by atoms with van der Waals surface area (Å²) in [6.07, 6.45) is -2.50. The van der Waals surface area contributed by atoms with Crippen molar-refractivity contribution >= 4 is 11.6 Å². The van der Waals surface area contributed by atoms with Gasteiger partial charge in [-0.3, -0.25) is 0 Å². The Morgan fingerprint density at radius 3 is 2.53 bits per heavy atom. The zero-order chi connectivity index (χ0) is 12.6. The minimum absolute atomic E-state index is 0.0794. The summed E-state index contributed by atoms with van der Waals surface area (Å²) in [5.74, 6) is 0.600. The van der Waals surface area contributed by atoms with Crippen LogP contribution < -0.4 is 4.74 Å². The molecular weight excluding hydrogens is 257 g/mol. The summed E-state index contributed by atoms with van der Waals surface area (Å²) in [4.78, 5) is 8.01. The molecular formula is C10H10ClF3N2O. The molecule has 0 N–H and O–H groups in total. The second kappa shape index (κ2) is 4.33. The van der Waals surface area contributed by atoms with Crippen molar-refractivity contribution in [3.8, 4) is 5.88 Å². The maximum absolute atomic E-state index is 12.0. The molecule has 94 valence electrons. The zero-order valence-electron chi connectivity index (χ0n) is 9.01. The minimum Gasteiger partial charge on any atom is -0.468 e. The van der Waals surface area contributed by atoms with Crippen molar-refractivity contribution in [2.45, 2.75) is 31.9 Å². The molecule has 1 heterocycles. The van der Waals surface area contributed by atoms with E-state index in [1.165, 1.54) is 6.92 Å². The summed E-state index contributed by atoms with van der Waals surface area (Å²) >= 11 is 5.83. The monoisotopic (exact) mass is 266 g/mol. The molecule has 7 heteroatoms. The van der Waals surface area contributed by atoms with Crippen LogP contribution in [0.25, 0.3) is 0 Å². The lowest BCUT2D eigenvalue weighted by molar-refractivity contribution is -0.154. The first-order chi connectivity index (χ1) is 7.87. The molecule has 1 aromatic rings. The molecule has 2 rings (SSSR count). The summed E-state index contributed by atoms with van der Waals surface area (Å²) in [6.45, 7) is 0.163. The molecule has 3 nitrogen and oxygen atoms in total. The second-order valence-corrected chi connectivity index (χ2v) is 4.34. The average Bonchev–Trinajstić information content (AvgIpc) is 3.02. The Morgan fingerprint density at radius 1 is 1.35 bits per heavy atom. The molecule has 0 bridgehead atoms. The molecule has 1 aliphatic carbocycles. The van der Waals surface area contributed by atoms with Crippen molar-refractivity contribution in [3.63, 3.8) is 0 Å². The van der Waals surface area contributed by atoms with Crippen LogP contribution in [-0.4, -0.2) is 22.8 Å². The van der Waals surface area contributed by atoms with Gasteiger partial charge in [0.05, 0.1) is 0 Å². The molecule has 0 aromatic carbocycles. The van der Waals surface area contributed by atoms with Crippen LogP contribution in [-0.2, 0) is 0 Å². The van der Waals surface area contributed by atoms with Crippen LogP contribution in [0.5, 0.6) is 5.88 Å². The van der Waals surface area contributed by atoms with Crippen LogP contribution in [0.2, 0.25) is 5.15 Å². The van der Waals surface area contributed by atoms with E-state index in [2.05, 4.69) is 14.7 Å². The highest BCUT2D eigenvalue weighted by molar-refractivity contribution is 6.30. The Balaban J connectivity index is 2.19. The number of aromatic nitrogens is 2. The molecule has 0 saturated heterocycles. The number of hydrogen-bond donors (Lipinski definition) is 0. The smallest absolute Gasteiger partial charge is 0.422 e. The summed E-state index contributed by atoms with van der Waals surface area (Å²) in [7, 11) is 0. The normalized spacial score (nSPS) is 16.1. The lowest BCUT2D eigenvalue weighted by atomic mass is 10.3. The Bertz CT molecular complexity index is 432. The van der Waals surface area contributed by atoms with Crippen LogP contribution in [0.3, 0.4) is 0 Å². The van der Waals surface area contributed by atoms with E-state index in [0.717, 1.165) is 12.8 Å². The lowest BCUT2D eigenvalue weighted by Gasteiger charge is -2.12. The highest BCUT2D eigenvalue weighted by atomic mass is 35.5. The molecule has 0 atom stereocenters. The van der Waals surface area contributed by atoms with Crippen LogP contribution in [0.4, 0.5) is 13.2 Å². The minimum atomic E-state index is -4.39. The first-order valence-electron chi connectivity index (χ1n) is 5.10. The Morgan fingerprint density at radius 2 is 2.00 bits per heavy atom. The third-order valence-corrected chi connectivity index (χ3v) is 2.74. The summed E-state index contributed by atoms with van der Waals surface area (Å²) < 4.78 is 40.8. The third-order valence-electron chi connectivity index (χ3n) is 2.37. The molecule has 1 saturated carbocycles. The maximum Gasteiger partial charge on any atom is 0.422 e. The molecule has 0 amide bonds. The van der Waals surface area contributed by atoms with E-state index >= 15 is 0 Å². The predicted octanol–water partition coefficient (Wildman–Crippen LogP) is 3.26. The number of ether oxygens (including phenoxy) is 1. The van der Waals surface area contributed by atoms with E-state index in [0.29, 0.717) is 11.4 Å². The topological polar surface area (TPSA) is 35.0 Å². The quantitative estimate of drug-likeness (QED) is 0.788. The van der Waals surface area contributed by atoms with Gasteiger partial charge in [0, 0.05) is 11.5 Å². The van der Waals surface area contributed by atoms with Gasteiger partial charge in [-0.15, -0.1) is 0 Å². The molecule has 1 fully saturated rings. The Hall–Kier alpha value is -1.04. The Kier molecular flexibility index (Phi) is 3.16. The van der Waals surface area contributed by atoms with Gasteiger partial charge in [-0.2, -0.15) is 18.2 Å². The van der Waals surface area contributed by atoms with Crippen molar-refractivity contribution < 1.29 is 17.9 Å². The van der Waals surface area contributed by atoms with E-state index in [4.69, 9.17) is 11.6 Å². The van der Waals surface area contributed by atoms with Crippen LogP contribution in [0.15, 0.2) is 0 Å². The van der Waals surface area contributed by atoms with Crippen LogP contribution in [0, 0.1) is 6.92 Å². The van der Waals surface area contributed by atoms with Crippen molar-refractivity contribution in [1.29, 1.82) is 0 Å². The first-order valence-corrected chi connectivity index (χ1v) is 5.48. The SMILES string of the molecule is Cc1c(Cl)nc(C2CC2)nc1OCC(F)(F)F. The van der Waals surface area contributed by atoms with E-state index in [-0.39, 0.29) is 17.0 Å². The highest BCUT2D eigenvalue weighted by Crippen LogP contribution is 2.39. The van der Waals surface area contributed by atoms with Gasteiger partial charge >= 0.3 is 6.18 Å². The number of nitrogens with zero attached hydrogens (tertiary/aromatic N) is 2. The maximum atomic E-state index is 12.0. The number of alkyl halides is 3. The predicted molar refractivity (Wildman–Crippen MR) is 55.3 cm³/mol. The first kappa shape index (κ1) is 12.4. The number of halogens is 4. The van der Waals surface area contributed by atoms with Gasteiger partial charge < -0.3 is 4.74 Å². The van der Waals surface area contributed by atoms with Crippen molar-refractivity contribution in [1.82, 2.24) is 9.97 Å². The van der Waals surface area contributed by atoms with Gasteiger partial charge in [-0.25, -0.2) is 4.98 Å². The Labute approximate surface area is 101 Å². The third kappa shape index (κ3) is 3.21. The zero-order valence-corrected chi connectivity index (χ0v) is 9.77. The largest absolute Gasteiger partial charge is 0.468 e. The van der Waals surface area contributed by atoms with Crippen molar-refractivity contribution in [3.05, 3.63) is 16.5 Å². The van der Waals surface area contributed by atoms with Gasteiger partial charge in [0.2, 0.25) is 5.88 Å². The van der Waals surface area contributed by atoms with E-state index in [1.54, 1.807) is 0 Å². The fraction of sp³-hybridized carbons (Fsp3) is 0.600. The molecule has 1 aromatic heterocycles. The van der Waals surface area contributed by atoms with Crippen molar-refractivity contribution in [2.24, 2.45) is 0 Å². The van der Waals surface area contributed by atoms with E-state index < -0.39 is 12.8 Å². The molecule has 0 spiro atoms. The van der Waals surface area contributed by atoms with E-state index in [1.807, 2.05) is 0 Å². The van der Waals surface area contributed by atoms with Gasteiger partial charge in [0.25, 0.3) is 0 Å². The summed E-state index contributed by atoms with van der Waals surface area (Å²) in [5, 5.41) is 0.152. The van der Waals surface area contributed by atoms with Crippen LogP contribution in [0.1, 0.15) is 30.1 Å². The van der Waals surface area contributed by atoms with Gasteiger partial charge in [0.15, 0.2) is 6.61 Å². The lowest BCUT2D eigenvalue weighted by Crippen LogP contribution is -2.20. The number of hydrogen-bond acceptors (Lipinski definition) is 3. The molecule has 1 aliphatic rings. The standard InChI is InChI=1S/C10H10ClF3N2O/c1-5-7(11)15-8(6-2-3-6)16-9(5)17-4-10(12,13)14/h6H,2-4H2,1H3. The molecule has 0 unspecified atom stereocenters. The fourth-order valence-electron chi connectivity index (χ4n) is 1.30. The molecule has 17 heavy (non-hydrogen) atoms. The van der Waals surface area contributed by atoms with Crippen molar-refractivity contribution in [2.75, 3.05) is 6.61 Å². The molecule has 0 aliphatic heterocycles. The second-order valence-electron chi connectivity index (χ2n) is 3.98. The highest BCUT2D eigenvalue weighted by Gasteiger charge is 2.31. The van der Waals surface area contributed by atoms with Gasteiger partial charge in [-0.1, -0.05) is 11.6 Å². The molecule has 0 radical (unpaired) electrons. The van der Waals surface area contributed by atoms with Gasteiger partial charge in [0.1, 0.15) is 11.0 Å². The van der Waals surface area contributed by atoms with E-state index in [9.17, 15) is 13.2 Å². The summed E-state index contributed by atoms with van der Waals surface area (Å²) in [5.41, 5.74) is 0.334. The number of rotatable bonds is 3. The fourth-order valence-corrected chi connectivity index (χ4v) is 1.47. The van der Waals surface area contributed by atoms with Gasteiger partial charge in [-0.05, 0) is 19.8 Å². The average molecular weight is 267 g/mol. The van der Waals surface area contributed by atoms with Crippen LogP contribution >= 0.6 is 11.6 Å². The summed E-state index contributed by atoms with van der Waals surface area (Å²) in [6, 6.07) is 0.